The van der Waals surface area contributed by atoms with Crippen molar-refractivity contribution in [3.63, 3.8) is 0 Å². The number of carbonyl (C=O) groups is 1. The van der Waals surface area contributed by atoms with E-state index in [0.29, 0.717) is 5.69 Å². The lowest BCUT2D eigenvalue weighted by Gasteiger charge is -2.43. The fourth-order valence-corrected chi connectivity index (χ4v) is 4.76. The number of amides is 1. The number of aromatic amines is 1. The number of nitrogens with one attached hydrogen (secondary N) is 1. The molecule has 2 heterocycles. The zero-order valence-electron chi connectivity index (χ0n) is 15.2. The topological polar surface area (TPSA) is 54.6 Å². The Hall–Kier alpha value is -1.85. The van der Waals surface area contributed by atoms with Gasteiger partial charge in [-0.3, -0.25) is 4.79 Å². The number of likely N-dealkylation sites (tertiary alicyclic amines) is 1. The number of fused-ring (bicyclic) bond motifs is 2. The second kappa shape index (κ2) is 6.15. The molecule has 5 nitrogen and oxygen atoms in total. The van der Waals surface area contributed by atoms with Gasteiger partial charge in [-0.05, 0) is 44.2 Å². The lowest BCUT2D eigenvalue weighted by atomic mass is 9.79. The molecule has 134 valence electrons. The van der Waals surface area contributed by atoms with Crippen LogP contribution in [0, 0.1) is 6.92 Å². The number of hydrogen-bond acceptors (Lipinski definition) is 3. The molecular weight excluding hydrogens is 316 g/mol. The number of benzene rings is 1. The minimum atomic E-state index is -0.218. The number of methoxy groups -OCH3 is 2. The van der Waals surface area contributed by atoms with E-state index in [1.54, 1.807) is 14.2 Å². The zero-order chi connectivity index (χ0) is 17.6. The number of carbonyl (C=O) groups excluding carboxylic acids is 1. The first kappa shape index (κ1) is 16.6. The van der Waals surface area contributed by atoms with E-state index in [4.69, 9.17) is 9.47 Å². The molecule has 0 spiro atoms. The molecule has 0 radical (unpaired) electrons. The van der Waals surface area contributed by atoms with Crippen molar-refractivity contribution < 1.29 is 14.3 Å². The third kappa shape index (κ3) is 2.49. The average molecular weight is 342 g/mol. The van der Waals surface area contributed by atoms with Crippen LogP contribution in [0.25, 0.3) is 10.9 Å². The molecule has 0 bridgehead atoms. The van der Waals surface area contributed by atoms with Gasteiger partial charge in [-0.25, -0.2) is 0 Å². The summed E-state index contributed by atoms with van der Waals surface area (Å²) in [6, 6.07) is 8.15. The summed E-state index contributed by atoms with van der Waals surface area (Å²) in [5.41, 5.74) is 2.52. The van der Waals surface area contributed by atoms with Crippen molar-refractivity contribution in [1.29, 1.82) is 0 Å². The Labute approximate surface area is 148 Å². The molecule has 1 amide bonds. The molecule has 25 heavy (non-hydrogen) atoms. The summed E-state index contributed by atoms with van der Waals surface area (Å²) in [5.74, 6) is 0.0781. The van der Waals surface area contributed by atoms with Crippen LogP contribution in [0.2, 0.25) is 0 Å². The van der Waals surface area contributed by atoms with Gasteiger partial charge in [0, 0.05) is 31.7 Å². The second-order valence-corrected chi connectivity index (χ2v) is 7.34. The number of nitrogens with zero attached hydrogens (tertiary/aromatic N) is 1. The van der Waals surface area contributed by atoms with Crippen LogP contribution >= 0.6 is 0 Å². The van der Waals surface area contributed by atoms with E-state index in [-0.39, 0.29) is 23.7 Å². The van der Waals surface area contributed by atoms with Gasteiger partial charge >= 0.3 is 0 Å². The van der Waals surface area contributed by atoms with Crippen LogP contribution in [0.15, 0.2) is 24.3 Å². The minimum Gasteiger partial charge on any atom is -0.381 e. The first-order valence-electron chi connectivity index (χ1n) is 9.06. The van der Waals surface area contributed by atoms with Gasteiger partial charge in [0.25, 0.3) is 5.91 Å². The van der Waals surface area contributed by atoms with E-state index in [9.17, 15) is 4.79 Å². The fourth-order valence-electron chi connectivity index (χ4n) is 4.76. The Morgan fingerprint density at radius 1 is 1.28 bits per heavy atom. The predicted octanol–water partition coefficient (Wildman–Crippen LogP) is 3.27. The van der Waals surface area contributed by atoms with Crippen molar-refractivity contribution in [3.8, 4) is 0 Å². The number of hydrogen-bond donors (Lipinski definition) is 1. The van der Waals surface area contributed by atoms with Crippen molar-refractivity contribution in [2.24, 2.45) is 0 Å². The van der Waals surface area contributed by atoms with Gasteiger partial charge in [0.15, 0.2) is 0 Å². The van der Waals surface area contributed by atoms with E-state index in [2.05, 4.69) is 11.1 Å². The Bertz CT molecular complexity index is 799. The summed E-state index contributed by atoms with van der Waals surface area (Å²) in [4.78, 5) is 18.7. The number of H-pyrrole nitrogens is 1. The zero-order valence-corrected chi connectivity index (χ0v) is 15.2. The van der Waals surface area contributed by atoms with Crippen LogP contribution in [0.4, 0.5) is 0 Å². The highest BCUT2D eigenvalue weighted by Gasteiger charge is 2.53. The van der Waals surface area contributed by atoms with E-state index >= 15 is 0 Å². The predicted molar refractivity (Wildman–Crippen MR) is 96.9 cm³/mol. The summed E-state index contributed by atoms with van der Waals surface area (Å²) in [5, 5.41) is 1.11. The Morgan fingerprint density at radius 2 is 2.08 bits per heavy atom. The Morgan fingerprint density at radius 3 is 2.80 bits per heavy atom. The maximum atomic E-state index is 13.3. The van der Waals surface area contributed by atoms with Crippen LogP contribution in [0.5, 0.6) is 0 Å². The van der Waals surface area contributed by atoms with Crippen LogP contribution in [0.1, 0.15) is 41.7 Å². The molecular formula is C20H26N2O3. The number of para-hydroxylation sites is 1. The summed E-state index contributed by atoms with van der Waals surface area (Å²) < 4.78 is 11.5. The first-order valence-corrected chi connectivity index (χ1v) is 9.06. The van der Waals surface area contributed by atoms with E-state index < -0.39 is 0 Å². The smallest absolute Gasteiger partial charge is 0.270 e. The van der Waals surface area contributed by atoms with Crippen molar-refractivity contribution in [1.82, 2.24) is 9.88 Å². The highest BCUT2D eigenvalue weighted by molar-refractivity contribution is 6.01. The third-order valence-electron chi connectivity index (χ3n) is 6.32. The maximum absolute atomic E-state index is 13.3. The highest BCUT2D eigenvalue weighted by Crippen LogP contribution is 2.43. The van der Waals surface area contributed by atoms with Crippen molar-refractivity contribution >= 4 is 16.8 Å². The molecule has 1 aromatic carbocycles. The highest BCUT2D eigenvalue weighted by atomic mass is 16.5. The molecule has 1 aliphatic carbocycles. The fraction of sp³-hybridized carbons (Fsp3) is 0.550. The molecule has 2 aromatic rings. The maximum Gasteiger partial charge on any atom is 0.270 e. The van der Waals surface area contributed by atoms with Crippen molar-refractivity contribution in [2.75, 3.05) is 20.8 Å². The van der Waals surface area contributed by atoms with Gasteiger partial charge in [-0.2, -0.15) is 0 Å². The van der Waals surface area contributed by atoms with E-state index in [1.807, 2.05) is 30.0 Å². The minimum absolute atomic E-state index is 0.0781. The molecule has 1 aromatic heterocycles. The lowest BCUT2D eigenvalue weighted by Crippen LogP contribution is -2.53. The third-order valence-corrected chi connectivity index (χ3v) is 6.32. The normalized spacial score (nSPS) is 29.2. The number of aromatic nitrogens is 1. The van der Waals surface area contributed by atoms with Gasteiger partial charge in [0.2, 0.25) is 0 Å². The van der Waals surface area contributed by atoms with Crippen LogP contribution in [0.3, 0.4) is 0 Å². The molecule has 5 heteroatoms. The standard InChI is InChI=1S/C20H26N2O3/c1-13-15-6-4-5-7-16(15)21-18(13)19(23)22-11-10-20(25-3)9-8-14(24-2)12-17(20)22/h4-7,14,17,21H,8-12H2,1-3H3/t14?,17?,20-/m1/s1. The van der Waals surface area contributed by atoms with Crippen LogP contribution in [-0.2, 0) is 9.47 Å². The number of rotatable bonds is 3. The molecule has 1 saturated carbocycles. The van der Waals surface area contributed by atoms with Crippen molar-refractivity contribution in [3.05, 3.63) is 35.5 Å². The molecule has 1 aliphatic heterocycles. The van der Waals surface area contributed by atoms with Crippen molar-refractivity contribution in [2.45, 2.75) is 50.4 Å². The SMILES string of the molecule is COC1CC[C@@]2(OC)CCN(C(=O)c3[nH]c4ccccc4c3C)C2C1. The summed E-state index contributed by atoms with van der Waals surface area (Å²) in [6.45, 7) is 2.76. The van der Waals surface area contributed by atoms with E-state index in [1.165, 1.54) is 0 Å². The van der Waals surface area contributed by atoms with Crippen LogP contribution < -0.4 is 0 Å². The Balaban J connectivity index is 1.68. The van der Waals surface area contributed by atoms with Gasteiger partial charge in [0.1, 0.15) is 5.69 Å². The molecule has 1 N–H and O–H groups in total. The van der Waals surface area contributed by atoms with Crippen LogP contribution in [-0.4, -0.2) is 54.3 Å². The second-order valence-electron chi connectivity index (χ2n) is 7.34. The molecule has 4 rings (SSSR count). The molecule has 1 saturated heterocycles. The summed E-state index contributed by atoms with van der Waals surface area (Å²) >= 11 is 0. The summed E-state index contributed by atoms with van der Waals surface area (Å²) in [6.07, 6.45) is 3.88. The molecule has 2 aliphatic rings. The van der Waals surface area contributed by atoms with Gasteiger partial charge in [0.05, 0.1) is 17.7 Å². The number of aryl methyl sites for hydroxylation is 1. The number of ether oxygens (including phenoxy) is 2. The summed E-state index contributed by atoms with van der Waals surface area (Å²) in [7, 11) is 3.54. The van der Waals surface area contributed by atoms with E-state index in [0.717, 1.165) is 48.7 Å². The van der Waals surface area contributed by atoms with Gasteiger partial charge in [-0.1, -0.05) is 18.2 Å². The quantitative estimate of drug-likeness (QED) is 0.931. The molecule has 3 atom stereocenters. The first-order chi connectivity index (χ1) is 12.1. The monoisotopic (exact) mass is 342 g/mol. The molecule has 2 unspecified atom stereocenters. The molecule has 2 fully saturated rings. The largest absolute Gasteiger partial charge is 0.381 e. The van der Waals surface area contributed by atoms with Gasteiger partial charge < -0.3 is 19.4 Å². The average Bonchev–Trinajstić information content (AvgIpc) is 3.19. The van der Waals surface area contributed by atoms with Gasteiger partial charge in [-0.15, -0.1) is 0 Å². The lowest BCUT2D eigenvalue weighted by molar-refractivity contribution is -0.0894. The Kier molecular flexibility index (Phi) is 4.08.